The molecule has 34 heavy (non-hydrogen) atoms. The summed E-state index contributed by atoms with van der Waals surface area (Å²) in [6.07, 6.45) is 0.593. The van der Waals surface area contributed by atoms with Crippen LogP contribution >= 0.6 is 15.9 Å². The Morgan fingerprint density at radius 3 is 2.65 bits per heavy atom. The van der Waals surface area contributed by atoms with Gasteiger partial charge < -0.3 is 26.0 Å². The monoisotopic (exact) mass is 531 g/mol. The highest BCUT2D eigenvalue weighted by atomic mass is 79.9. The number of fused-ring (bicyclic) bond motifs is 1. The number of hydrogen-bond acceptors (Lipinski definition) is 6. The maximum Gasteiger partial charge on any atom is 0.249 e. The lowest BCUT2D eigenvalue weighted by Crippen LogP contribution is -2.61. The zero-order chi connectivity index (χ0) is 24.4. The summed E-state index contributed by atoms with van der Waals surface area (Å²) in [6, 6.07) is 8.07. The van der Waals surface area contributed by atoms with Gasteiger partial charge in [0.15, 0.2) is 0 Å². The third kappa shape index (κ3) is 5.73. The van der Waals surface area contributed by atoms with E-state index in [-0.39, 0.29) is 30.3 Å². The summed E-state index contributed by atoms with van der Waals surface area (Å²) in [6.45, 7) is 4.57. The first kappa shape index (κ1) is 24.6. The quantitative estimate of drug-likeness (QED) is 0.426. The molecule has 1 aromatic carbocycles. The van der Waals surface area contributed by atoms with Crippen LogP contribution in [0.1, 0.15) is 38.4 Å². The van der Waals surface area contributed by atoms with Crippen molar-refractivity contribution < 1.29 is 19.5 Å². The van der Waals surface area contributed by atoms with Crippen LogP contribution in [-0.2, 0) is 14.4 Å². The van der Waals surface area contributed by atoms with Gasteiger partial charge in [-0.25, -0.2) is 0 Å². The van der Waals surface area contributed by atoms with Crippen LogP contribution in [0.15, 0.2) is 34.8 Å². The van der Waals surface area contributed by atoms with Gasteiger partial charge in [-0.05, 0) is 50.8 Å². The second-order valence-electron chi connectivity index (χ2n) is 9.11. The van der Waals surface area contributed by atoms with E-state index in [1.54, 1.807) is 11.8 Å². The van der Waals surface area contributed by atoms with Crippen LogP contribution in [0.4, 0.5) is 0 Å². The smallest absolute Gasteiger partial charge is 0.249 e. The van der Waals surface area contributed by atoms with E-state index >= 15 is 0 Å². The molecule has 1 aliphatic heterocycles. The van der Waals surface area contributed by atoms with Crippen molar-refractivity contribution in [2.75, 3.05) is 19.6 Å². The van der Waals surface area contributed by atoms with Crippen molar-refractivity contribution in [2.45, 2.75) is 50.9 Å². The summed E-state index contributed by atoms with van der Waals surface area (Å²) in [5, 5.41) is 19.7. The first-order valence-corrected chi connectivity index (χ1v) is 12.4. The molecule has 1 saturated heterocycles. The molecular weight excluding hydrogens is 502 g/mol. The zero-order valence-corrected chi connectivity index (χ0v) is 20.8. The van der Waals surface area contributed by atoms with Gasteiger partial charge in [-0.2, -0.15) is 0 Å². The van der Waals surface area contributed by atoms with E-state index in [4.69, 9.17) is 0 Å². The number of aliphatic hydroxyl groups is 1. The van der Waals surface area contributed by atoms with Crippen LogP contribution < -0.4 is 16.0 Å². The summed E-state index contributed by atoms with van der Waals surface area (Å²) in [4.78, 5) is 44.2. The third-order valence-electron chi connectivity index (χ3n) is 6.35. The molecule has 1 aliphatic carbocycles. The van der Waals surface area contributed by atoms with Gasteiger partial charge >= 0.3 is 0 Å². The molecule has 3 amide bonds. The molecule has 0 spiro atoms. The van der Waals surface area contributed by atoms with Crippen molar-refractivity contribution in [3.8, 4) is 0 Å². The van der Waals surface area contributed by atoms with Gasteiger partial charge in [0, 0.05) is 29.5 Å². The van der Waals surface area contributed by atoms with E-state index in [2.05, 4.69) is 36.9 Å². The number of rotatable bonds is 7. The zero-order valence-electron chi connectivity index (χ0n) is 19.3. The molecule has 1 saturated carbocycles. The Balaban J connectivity index is 1.33. The Kier molecular flexibility index (Phi) is 7.49. The van der Waals surface area contributed by atoms with Crippen LogP contribution in [0.25, 0.3) is 10.9 Å². The molecule has 2 fully saturated rings. The van der Waals surface area contributed by atoms with Crippen molar-refractivity contribution in [2.24, 2.45) is 5.92 Å². The Morgan fingerprint density at radius 2 is 1.91 bits per heavy atom. The van der Waals surface area contributed by atoms with E-state index in [0.717, 1.165) is 33.9 Å². The van der Waals surface area contributed by atoms with Crippen molar-refractivity contribution in [3.63, 3.8) is 0 Å². The van der Waals surface area contributed by atoms with Crippen molar-refractivity contribution >= 4 is 44.6 Å². The van der Waals surface area contributed by atoms with E-state index < -0.39 is 24.1 Å². The fraction of sp³-hybridized carbons (Fsp3) is 0.500. The molecule has 1 unspecified atom stereocenters. The van der Waals surface area contributed by atoms with Crippen LogP contribution in [0, 0.1) is 5.92 Å². The van der Waals surface area contributed by atoms with Gasteiger partial charge in [-0.1, -0.05) is 28.1 Å². The van der Waals surface area contributed by atoms with Gasteiger partial charge in [0.1, 0.15) is 18.2 Å². The second-order valence-corrected chi connectivity index (χ2v) is 10.0. The number of carbonyl (C=O) groups excluding carboxylic acids is 3. The van der Waals surface area contributed by atoms with Gasteiger partial charge in [0.2, 0.25) is 17.7 Å². The molecular formula is C24H30BrN5O4. The fourth-order valence-corrected chi connectivity index (χ4v) is 4.47. The summed E-state index contributed by atoms with van der Waals surface area (Å²) in [5.41, 5.74) is 1.58. The molecule has 9 nitrogen and oxygen atoms in total. The van der Waals surface area contributed by atoms with Crippen LogP contribution in [-0.4, -0.2) is 70.5 Å². The molecule has 2 aliphatic rings. The minimum absolute atomic E-state index is 0.00447. The number of halogens is 1. The Labute approximate surface area is 206 Å². The number of piperazine rings is 1. The molecule has 2 aromatic rings. The largest absolute Gasteiger partial charge is 0.383 e. The van der Waals surface area contributed by atoms with E-state index in [9.17, 15) is 19.5 Å². The average molecular weight is 532 g/mol. The number of amides is 3. The molecule has 2 heterocycles. The molecule has 1 aromatic heterocycles. The number of carbonyl (C=O) groups is 3. The summed E-state index contributed by atoms with van der Waals surface area (Å²) in [7, 11) is 0. The van der Waals surface area contributed by atoms with E-state index in [1.165, 1.54) is 0 Å². The first-order valence-electron chi connectivity index (χ1n) is 11.6. The number of pyridine rings is 1. The average Bonchev–Trinajstić information content (AvgIpc) is 3.68. The number of nitrogens with one attached hydrogen (secondary N) is 3. The molecule has 4 N–H and O–H groups in total. The van der Waals surface area contributed by atoms with Gasteiger partial charge in [0.25, 0.3) is 0 Å². The number of hydrogen-bond donors (Lipinski definition) is 4. The summed E-state index contributed by atoms with van der Waals surface area (Å²) < 4.78 is 0.935. The van der Waals surface area contributed by atoms with Gasteiger partial charge in [-0.15, -0.1) is 0 Å². The van der Waals surface area contributed by atoms with Crippen LogP contribution in [0.2, 0.25) is 0 Å². The SMILES string of the molecule is C[C@H](NC(=O)C(O)C1CC1)C(=O)N1CCN[C@H](C(=O)N[C@H](C)c2ccc3ccc(Br)cc3n2)C1. The summed E-state index contributed by atoms with van der Waals surface area (Å²) >= 11 is 3.46. The third-order valence-corrected chi connectivity index (χ3v) is 6.84. The molecule has 4 rings (SSSR count). The van der Waals surface area contributed by atoms with Gasteiger partial charge in [-0.3, -0.25) is 19.4 Å². The molecule has 0 radical (unpaired) electrons. The molecule has 4 atom stereocenters. The number of benzene rings is 1. The second kappa shape index (κ2) is 10.4. The van der Waals surface area contributed by atoms with Crippen molar-refractivity contribution in [3.05, 3.63) is 40.5 Å². The predicted molar refractivity (Wildman–Crippen MR) is 131 cm³/mol. The number of nitrogens with zero attached hydrogens (tertiary/aromatic N) is 2. The topological polar surface area (TPSA) is 124 Å². The molecule has 10 heteroatoms. The van der Waals surface area contributed by atoms with E-state index in [1.807, 2.05) is 37.3 Å². The molecule has 182 valence electrons. The number of aromatic nitrogens is 1. The molecule has 0 bridgehead atoms. The Morgan fingerprint density at radius 1 is 1.18 bits per heavy atom. The minimum atomic E-state index is -1.07. The lowest BCUT2D eigenvalue weighted by atomic mass is 10.1. The van der Waals surface area contributed by atoms with Crippen LogP contribution in [0.3, 0.4) is 0 Å². The highest BCUT2D eigenvalue weighted by molar-refractivity contribution is 9.10. The van der Waals surface area contributed by atoms with Crippen molar-refractivity contribution in [1.82, 2.24) is 25.8 Å². The van der Waals surface area contributed by atoms with Crippen LogP contribution in [0.5, 0.6) is 0 Å². The van der Waals surface area contributed by atoms with Crippen molar-refractivity contribution in [1.29, 1.82) is 0 Å². The number of aliphatic hydroxyl groups excluding tert-OH is 1. The fourth-order valence-electron chi connectivity index (χ4n) is 4.12. The highest BCUT2D eigenvalue weighted by Gasteiger charge is 2.37. The lowest BCUT2D eigenvalue weighted by Gasteiger charge is -2.35. The summed E-state index contributed by atoms with van der Waals surface area (Å²) in [5.74, 6) is -1.01. The predicted octanol–water partition coefficient (Wildman–Crippen LogP) is 1.25. The maximum absolute atomic E-state index is 12.9. The lowest BCUT2D eigenvalue weighted by molar-refractivity contribution is -0.140. The minimum Gasteiger partial charge on any atom is -0.383 e. The standard InChI is InChI=1S/C24H30BrN5O4/c1-13(18-8-6-15-5-7-17(25)11-19(15)29-18)27-22(32)20-12-30(10-9-26-20)24(34)14(2)28-23(33)21(31)16-3-4-16/h5-8,11,13-14,16,20-21,26,31H,3-4,9-10,12H2,1-2H3,(H,27,32)(H,28,33)/t13-,14+,20+,21?/m1/s1. The normalized spacial score (nSPS) is 20.9. The highest BCUT2D eigenvalue weighted by Crippen LogP contribution is 2.32. The maximum atomic E-state index is 12.9. The van der Waals surface area contributed by atoms with Gasteiger partial charge in [0.05, 0.1) is 17.3 Å². The Hall–Kier alpha value is -2.56. The first-order chi connectivity index (χ1) is 16.2. The van der Waals surface area contributed by atoms with E-state index in [0.29, 0.717) is 13.1 Å². The Bertz CT molecular complexity index is 1090.